The van der Waals surface area contributed by atoms with Crippen LogP contribution in [0.25, 0.3) is 0 Å². The zero-order valence-corrected chi connectivity index (χ0v) is 20.3. The third kappa shape index (κ3) is 7.59. The smallest absolute Gasteiger partial charge is 0.251 e. The fourth-order valence-corrected chi connectivity index (χ4v) is 4.55. The Labute approximate surface area is 194 Å². The second-order valence-electron chi connectivity index (χ2n) is 10.4. The minimum atomic E-state index is -0.142. The minimum absolute atomic E-state index is 0.0967. The van der Waals surface area contributed by atoms with E-state index in [1.807, 2.05) is 12.1 Å². The maximum Gasteiger partial charge on any atom is 0.251 e. The number of carbonyl (C=O) groups excluding carboxylic acids is 2. The second kappa shape index (κ2) is 11.8. The molecule has 2 heterocycles. The molecule has 6 nitrogen and oxygen atoms in total. The lowest BCUT2D eigenvalue weighted by Gasteiger charge is -2.21. The average molecular weight is 443 g/mol. The number of carbonyl (C=O) groups is 2. The van der Waals surface area contributed by atoms with Crippen LogP contribution in [-0.2, 0) is 5.41 Å². The molecule has 2 aliphatic heterocycles. The highest BCUT2D eigenvalue weighted by Crippen LogP contribution is 2.25. The molecule has 2 N–H and O–H groups in total. The van der Waals surface area contributed by atoms with Gasteiger partial charge in [-0.05, 0) is 107 Å². The van der Waals surface area contributed by atoms with E-state index in [-0.39, 0.29) is 17.2 Å². The van der Waals surface area contributed by atoms with Crippen LogP contribution in [0.4, 0.5) is 0 Å². The first-order valence-corrected chi connectivity index (χ1v) is 12.5. The Morgan fingerprint density at radius 3 is 1.53 bits per heavy atom. The van der Waals surface area contributed by atoms with Crippen LogP contribution in [0.3, 0.4) is 0 Å². The van der Waals surface area contributed by atoms with Crippen molar-refractivity contribution in [1.82, 2.24) is 20.4 Å². The molecule has 32 heavy (non-hydrogen) atoms. The van der Waals surface area contributed by atoms with E-state index in [9.17, 15) is 9.59 Å². The third-order valence-corrected chi connectivity index (χ3v) is 6.59. The molecular weight excluding hydrogens is 400 g/mol. The van der Waals surface area contributed by atoms with Crippen LogP contribution >= 0.6 is 0 Å². The summed E-state index contributed by atoms with van der Waals surface area (Å²) in [5, 5.41) is 6.10. The zero-order chi connectivity index (χ0) is 23.0. The summed E-state index contributed by atoms with van der Waals surface area (Å²) < 4.78 is 0. The number of nitrogens with one attached hydrogen (secondary N) is 2. The van der Waals surface area contributed by atoms with Crippen LogP contribution in [0.1, 0.15) is 85.6 Å². The Kier molecular flexibility index (Phi) is 9.11. The number of amides is 2. The Bertz CT molecular complexity index is 705. The summed E-state index contributed by atoms with van der Waals surface area (Å²) in [6, 6.07) is 5.60. The minimum Gasteiger partial charge on any atom is -0.352 e. The van der Waals surface area contributed by atoms with E-state index >= 15 is 0 Å². The number of rotatable bonds is 10. The predicted octanol–water partition coefficient (Wildman–Crippen LogP) is 3.42. The molecule has 0 unspecified atom stereocenters. The van der Waals surface area contributed by atoms with Crippen molar-refractivity contribution >= 4 is 11.8 Å². The highest BCUT2D eigenvalue weighted by molar-refractivity contribution is 6.00. The van der Waals surface area contributed by atoms with Gasteiger partial charge in [0.05, 0.1) is 0 Å². The van der Waals surface area contributed by atoms with Gasteiger partial charge in [0.25, 0.3) is 11.8 Å². The highest BCUT2D eigenvalue weighted by Gasteiger charge is 2.20. The van der Waals surface area contributed by atoms with Gasteiger partial charge in [-0.15, -0.1) is 0 Å². The SMILES string of the molecule is CC(C)(C)c1cc(C(=O)NCCCN2CCCC2)cc(C(=O)NCCCN2CCCC2)c1. The summed E-state index contributed by atoms with van der Waals surface area (Å²) >= 11 is 0. The predicted molar refractivity (Wildman–Crippen MR) is 130 cm³/mol. The van der Waals surface area contributed by atoms with Crippen LogP contribution in [-0.4, -0.2) is 74.0 Å². The summed E-state index contributed by atoms with van der Waals surface area (Å²) in [5.74, 6) is -0.193. The van der Waals surface area contributed by atoms with Crippen molar-refractivity contribution in [3.05, 3.63) is 34.9 Å². The molecule has 6 heteroatoms. The molecule has 2 fully saturated rings. The molecule has 2 saturated heterocycles. The van der Waals surface area contributed by atoms with Crippen LogP contribution < -0.4 is 10.6 Å². The van der Waals surface area contributed by atoms with Gasteiger partial charge < -0.3 is 20.4 Å². The van der Waals surface area contributed by atoms with E-state index in [1.165, 1.54) is 51.9 Å². The lowest BCUT2D eigenvalue weighted by atomic mass is 9.85. The van der Waals surface area contributed by atoms with Gasteiger partial charge in [-0.3, -0.25) is 9.59 Å². The quantitative estimate of drug-likeness (QED) is 0.545. The molecule has 1 aromatic rings. The lowest BCUT2D eigenvalue weighted by molar-refractivity contribution is 0.0951. The number of likely N-dealkylation sites (tertiary alicyclic amines) is 2. The summed E-state index contributed by atoms with van der Waals surface area (Å²) in [7, 11) is 0. The highest BCUT2D eigenvalue weighted by atomic mass is 16.2. The van der Waals surface area contributed by atoms with Crippen LogP contribution in [0.15, 0.2) is 18.2 Å². The van der Waals surface area contributed by atoms with Crippen LogP contribution in [0, 0.1) is 0 Å². The lowest BCUT2D eigenvalue weighted by Crippen LogP contribution is -2.30. The van der Waals surface area contributed by atoms with Crippen molar-refractivity contribution in [2.45, 2.75) is 64.7 Å². The van der Waals surface area contributed by atoms with Crippen molar-refractivity contribution in [1.29, 1.82) is 0 Å². The molecule has 0 spiro atoms. The van der Waals surface area contributed by atoms with Crippen molar-refractivity contribution in [2.75, 3.05) is 52.4 Å². The van der Waals surface area contributed by atoms with Crippen LogP contribution in [0.2, 0.25) is 0 Å². The summed E-state index contributed by atoms with van der Waals surface area (Å²) in [6.07, 6.45) is 7.05. The second-order valence-corrected chi connectivity index (χ2v) is 10.4. The molecule has 0 radical (unpaired) electrons. The number of nitrogens with zero attached hydrogens (tertiary/aromatic N) is 2. The van der Waals surface area contributed by atoms with E-state index in [0.717, 1.165) is 31.5 Å². The van der Waals surface area contributed by atoms with Gasteiger partial charge in [0.15, 0.2) is 0 Å². The van der Waals surface area contributed by atoms with E-state index in [2.05, 4.69) is 41.2 Å². The van der Waals surface area contributed by atoms with Gasteiger partial charge in [0.1, 0.15) is 0 Å². The van der Waals surface area contributed by atoms with Gasteiger partial charge in [-0.2, -0.15) is 0 Å². The van der Waals surface area contributed by atoms with Gasteiger partial charge >= 0.3 is 0 Å². The fraction of sp³-hybridized carbons (Fsp3) is 0.692. The molecular formula is C26H42N4O2. The first-order valence-electron chi connectivity index (χ1n) is 12.5. The Morgan fingerprint density at radius 1 is 0.750 bits per heavy atom. The monoisotopic (exact) mass is 442 g/mol. The van der Waals surface area contributed by atoms with Gasteiger partial charge in [-0.25, -0.2) is 0 Å². The normalized spacial score (nSPS) is 17.6. The molecule has 0 saturated carbocycles. The average Bonchev–Trinajstić information content (AvgIpc) is 3.47. The van der Waals surface area contributed by atoms with E-state index in [1.54, 1.807) is 6.07 Å². The van der Waals surface area contributed by atoms with Gasteiger partial charge in [-0.1, -0.05) is 20.8 Å². The third-order valence-electron chi connectivity index (χ3n) is 6.59. The fourth-order valence-electron chi connectivity index (χ4n) is 4.55. The van der Waals surface area contributed by atoms with Gasteiger partial charge in [0, 0.05) is 24.2 Å². The largest absolute Gasteiger partial charge is 0.352 e. The molecule has 1 aromatic carbocycles. The molecule has 2 aliphatic rings. The van der Waals surface area contributed by atoms with E-state index < -0.39 is 0 Å². The van der Waals surface area contributed by atoms with Crippen molar-refractivity contribution < 1.29 is 9.59 Å². The zero-order valence-electron chi connectivity index (χ0n) is 20.3. The van der Waals surface area contributed by atoms with Crippen molar-refractivity contribution in [3.8, 4) is 0 Å². The first kappa shape index (κ1) is 24.7. The van der Waals surface area contributed by atoms with Gasteiger partial charge in [0.2, 0.25) is 0 Å². The number of benzene rings is 1. The van der Waals surface area contributed by atoms with Crippen LogP contribution in [0.5, 0.6) is 0 Å². The molecule has 178 valence electrons. The topological polar surface area (TPSA) is 64.7 Å². The Hall–Kier alpha value is -1.92. The molecule has 0 atom stereocenters. The van der Waals surface area contributed by atoms with E-state index in [0.29, 0.717) is 24.2 Å². The van der Waals surface area contributed by atoms with Crippen molar-refractivity contribution in [2.24, 2.45) is 0 Å². The molecule has 0 bridgehead atoms. The molecule has 0 aliphatic carbocycles. The van der Waals surface area contributed by atoms with Crippen molar-refractivity contribution in [3.63, 3.8) is 0 Å². The summed E-state index contributed by atoms with van der Waals surface area (Å²) in [4.78, 5) is 30.6. The Morgan fingerprint density at radius 2 is 1.16 bits per heavy atom. The van der Waals surface area contributed by atoms with E-state index in [4.69, 9.17) is 0 Å². The maximum absolute atomic E-state index is 12.8. The molecule has 3 rings (SSSR count). The summed E-state index contributed by atoms with van der Waals surface area (Å²) in [6.45, 7) is 14.4. The first-order chi connectivity index (χ1) is 15.3. The number of hydrogen-bond acceptors (Lipinski definition) is 4. The Balaban J connectivity index is 1.55. The molecule has 2 amide bonds. The molecule has 0 aromatic heterocycles. The maximum atomic E-state index is 12.8. The number of hydrogen-bond donors (Lipinski definition) is 2. The standard InChI is InChI=1S/C26H42N4O2/c1-26(2,3)23-19-21(24(31)27-10-8-16-29-12-4-5-13-29)18-22(20-23)25(32)28-11-9-17-30-14-6-7-15-30/h18-20H,4-17H2,1-3H3,(H,27,31)(H,28,32). The summed E-state index contributed by atoms with van der Waals surface area (Å²) in [5.41, 5.74) is 2.00.